The molecule has 0 radical (unpaired) electrons. The maximum absolute atomic E-state index is 13.3. The minimum atomic E-state index is -0.385. The number of carbonyl (C=O) groups excluding carboxylic acids is 2. The van der Waals surface area contributed by atoms with Crippen LogP contribution < -0.4 is 15.0 Å². The van der Waals surface area contributed by atoms with Gasteiger partial charge in [0.1, 0.15) is 5.75 Å². The molecule has 5 heteroatoms. The molecule has 0 aliphatic carbocycles. The van der Waals surface area contributed by atoms with Gasteiger partial charge in [0.05, 0.1) is 19.1 Å². The van der Waals surface area contributed by atoms with Crippen LogP contribution in [0, 0.1) is 5.92 Å². The van der Waals surface area contributed by atoms with Crippen LogP contribution in [-0.4, -0.2) is 18.9 Å². The maximum Gasteiger partial charge on any atom is 0.229 e. The van der Waals surface area contributed by atoms with Crippen molar-refractivity contribution in [3.63, 3.8) is 0 Å². The molecule has 1 heterocycles. The molecule has 1 fully saturated rings. The number of amides is 2. The second kappa shape index (κ2) is 8.82. The minimum absolute atomic E-state index is 0.0118. The van der Waals surface area contributed by atoms with E-state index in [-0.39, 0.29) is 23.8 Å². The van der Waals surface area contributed by atoms with E-state index in [1.54, 1.807) is 12.0 Å². The Morgan fingerprint density at radius 1 is 0.933 bits per heavy atom. The molecular weight excluding hydrogens is 376 g/mol. The van der Waals surface area contributed by atoms with E-state index < -0.39 is 0 Å². The molecule has 5 nitrogen and oxygen atoms in total. The Kier molecular flexibility index (Phi) is 5.80. The summed E-state index contributed by atoms with van der Waals surface area (Å²) in [5, 5.41) is 3.02. The number of rotatable bonds is 5. The Balaban J connectivity index is 1.71. The summed E-state index contributed by atoms with van der Waals surface area (Å²) < 4.78 is 5.25. The summed E-state index contributed by atoms with van der Waals surface area (Å²) in [4.78, 5) is 28.0. The fourth-order valence-electron chi connectivity index (χ4n) is 4.00. The maximum atomic E-state index is 13.3. The number of anilines is 2. The van der Waals surface area contributed by atoms with Gasteiger partial charge in [-0.15, -0.1) is 0 Å². The van der Waals surface area contributed by atoms with Crippen molar-refractivity contribution in [2.45, 2.75) is 18.9 Å². The first kappa shape index (κ1) is 19.7. The van der Waals surface area contributed by atoms with E-state index in [4.69, 9.17) is 4.74 Å². The molecule has 0 spiro atoms. The predicted octanol–water partition coefficient (Wildman–Crippen LogP) is 4.82. The summed E-state index contributed by atoms with van der Waals surface area (Å²) >= 11 is 0. The molecule has 0 unspecified atom stereocenters. The third kappa shape index (κ3) is 4.06. The molecule has 4 rings (SSSR count). The van der Waals surface area contributed by atoms with Crippen LogP contribution in [0.2, 0.25) is 0 Å². The SMILES string of the molecule is COc1ccc(N2C(=O)CC[C@@H](C(=O)Nc3ccccc3)[C@@H]2c2ccccc2)cc1. The lowest BCUT2D eigenvalue weighted by atomic mass is 9.83. The topological polar surface area (TPSA) is 58.6 Å². The summed E-state index contributed by atoms with van der Waals surface area (Å²) in [5.74, 6) is 0.282. The monoisotopic (exact) mass is 400 g/mol. The zero-order valence-electron chi connectivity index (χ0n) is 16.8. The van der Waals surface area contributed by atoms with Crippen LogP contribution >= 0.6 is 0 Å². The highest BCUT2D eigenvalue weighted by molar-refractivity contribution is 6.00. The van der Waals surface area contributed by atoms with E-state index in [1.165, 1.54) is 0 Å². The van der Waals surface area contributed by atoms with E-state index in [0.29, 0.717) is 12.8 Å². The normalized spacial score (nSPS) is 18.7. The molecule has 1 aliphatic heterocycles. The lowest BCUT2D eigenvalue weighted by Gasteiger charge is -2.41. The van der Waals surface area contributed by atoms with E-state index in [1.807, 2.05) is 84.9 Å². The van der Waals surface area contributed by atoms with Gasteiger partial charge in [0.25, 0.3) is 0 Å². The summed E-state index contributed by atoms with van der Waals surface area (Å²) in [5.41, 5.74) is 2.45. The number of ether oxygens (including phenoxy) is 1. The zero-order valence-corrected chi connectivity index (χ0v) is 16.8. The zero-order chi connectivity index (χ0) is 20.9. The number of methoxy groups -OCH3 is 1. The van der Waals surface area contributed by atoms with Gasteiger partial charge in [0.15, 0.2) is 0 Å². The van der Waals surface area contributed by atoms with Gasteiger partial charge in [-0.2, -0.15) is 0 Å². The Labute approximate surface area is 176 Å². The van der Waals surface area contributed by atoms with Gasteiger partial charge < -0.3 is 15.0 Å². The van der Waals surface area contributed by atoms with Gasteiger partial charge in [-0.3, -0.25) is 9.59 Å². The van der Waals surface area contributed by atoms with Gasteiger partial charge in [0.2, 0.25) is 11.8 Å². The van der Waals surface area contributed by atoms with Crippen molar-refractivity contribution < 1.29 is 14.3 Å². The standard InChI is InChI=1S/C25H24N2O3/c1-30-21-14-12-20(13-15-21)27-23(28)17-16-22(24(27)18-8-4-2-5-9-18)25(29)26-19-10-6-3-7-11-19/h2-15,22,24H,16-17H2,1H3,(H,26,29)/t22-,24+/m1/s1. The van der Waals surface area contributed by atoms with Crippen LogP contribution in [0.5, 0.6) is 5.75 Å². The van der Waals surface area contributed by atoms with Crippen molar-refractivity contribution in [1.29, 1.82) is 0 Å². The van der Waals surface area contributed by atoms with E-state index in [9.17, 15) is 9.59 Å². The molecule has 2 atom stereocenters. The highest BCUT2D eigenvalue weighted by atomic mass is 16.5. The number of benzene rings is 3. The Morgan fingerprint density at radius 3 is 2.20 bits per heavy atom. The number of nitrogens with zero attached hydrogens (tertiary/aromatic N) is 1. The van der Waals surface area contributed by atoms with Gasteiger partial charge in [-0.25, -0.2) is 0 Å². The van der Waals surface area contributed by atoms with Crippen molar-refractivity contribution >= 4 is 23.2 Å². The molecule has 1 N–H and O–H groups in total. The number of carbonyl (C=O) groups is 2. The molecule has 1 saturated heterocycles. The first-order valence-corrected chi connectivity index (χ1v) is 10.0. The lowest BCUT2D eigenvalue weighted by molar-refractivity contribution is -0.125. The van der Waals surface area contributed by atoms with Gasteiger partial charge in [0, 0.05) is 17.8 Å². The van der Waals surface area contributed by atoms with E-state index in [0.717, 1.165) is 22.7 Å². The van der Waals surface area contributed by atoms with E-state index in [2.05, 4.69) is 5.32 Å². The van der Waals surface area contributed by atoms with Gasteiger partial charge in [-0.1, -0.05) is 48.5 Å². The molecule has 0 saturated carbocycles. The quantitative estimate of drug-likeness (QED) is 0.668. The highest BCUT2D eigenvalue weighted by Crippen LogP contribution is 2.40. The Morgan fingerprint density at radius 2 is 1.57 bits per heavy atom. The van der Waals surface area contributed by atoms with Crippen LogP contribution in [0.1, 0.15) is 24.4 Å². The third-order valence-electron chi connectivity index (χ3n) is 5.47. The van der Waals surface area contributed by atoms with Crippen LogP contribution in [-0.2, 0) is 9.59 Å². The number of nitrogens with one attached hydrogen (secondary N) is 1. The first-order chi connectivity index (χ1) is 14.7. The number of para-hydroxylation sites is 1. The van der Waals surface area contributed by atoms with Crippen LogP contribution in [0.4, 0.5) is 11.4 Å². The van der Waals surface area contributed by atoms with Crippen LogP contribution in [0.15, 0.2) is 84.9 Å². The minimum Gasteiger partial charge on any atom is -0.497 e. The predicted molar refractivity (Wildman–Crippen MR) is 117 cm³/mol. The molecular formula is C25H24N2O3. The fourth-order valence-corrected chi connectivity index (χ4v) is 4.00. The van der Waals surface area contributed by atoms with Crippen LogP contribution in [0.25, 0.3) is 0 Å². The molecule has 30 heavy (non-hydrogen) atoms. The molecule has 1 aliphatic rings. The van der Waals surface area contributed by atoms with Crippen molar-refractivity contribution in [1.82, 2.24) is 0 Å². The van der Waals surface area contributed by atoms with E-state index >= 15 is 0 Å². The second-order valence-corrected chi connectivity index (χ2v) is 7.32. The lowest BCUT2D eigenvalue weighted by Crippen LogP contribution is -2.46. The summed E-state index contributed by atoms with van der Waals surface area (Å²) in [6, 6.07) is 26.2. The molecule has 2 amide bonds. The van der Waals surface area contributed by atoms with Crippen molar-refractivity contribution in [2.75, 3.05) is 17.3 Å². The molecule has 3 aromatic rings. The molecule has 0 aromatic heterocycles. The molecule has 3 aromatic carbocycles. The average molecular weight is 400 g/mol. The largest absolute Gasteiger partial charge is 0.497 e. The number of hydrogen-bond acceptors (Lipinski definition) is 3. The smallest absolute Gasteiger partial charge is 0.229 e. The average Bonchev–Trinajstić information content (AvgIpc) is 2.80. The van der Waals surface area contributed by atoms with Crippen LogP contribution in [0.3, 0.4) is 0 Å². The molecule has 152 valence electrons. The second-order valence-electron chi connectivity index (χ2n) is 7.32. The Bertz CT molecular complexity index is 1000. The highest BCUT2D eigenvalue weighted by Gasteiger charge is 2.41. The van der Waals surface area contributed by atoms with Crippen molar-refractivity contribution in [3.05, 3.63) is 90.5 Å². The summed E-state index contributed by atoms with van der Waals surface area (Å²) in [6.07, 6.45) is 0.825. The number of hydrogen-bond donors (Lipinski definition) is 1. The van der Waals surface area contributed by atoms with Gasteiger partial charge >= 0.3 is 0 Å². The van der Waals surface area contributed by atoms with Gasteiger partial charge in [-0.05, 0) is 48.4 Å². The summed E-state index contributed by atoms with van der Waals surface area (Å²) in [6.45, 7) is 0. The Hall–Kier alpha value is -3.60. The molecule has 0 bridgehead atoms. The third-order valence-corrected chi connectivity index (χ3v) is 5.47. The van der Waals surface area contributed by atoms with Crippen molar-refractivity contribution in [3.8, 4) is 5.75 Å². The van der Waals surface area contributed by atoms with Crippen molar-refractivity contribution in [2.24, 2.45) is 5.92 Å². The number of piperidine rings is 1. The first-order valence-electron chi connectivity index (χ1n) is 10.0. The summed E-state index contributed by atoms with van der Waals surface area (Å²) in [7, 11) is 1.61. The fraction of sp³-hybridized carbons (Fsp3) is 0.200.